The zero-order valence-electron chi connectivity index (χ0n) is 23.3. The minimum absolute atomic E-state index is 0.0163. The maximum Gasteiger partial charge on any atom is 0.326 e. The van der Waals surface area contributed by atoms with Gasteiger partial charge < -0.3 is 14.6 Å². The van der Waals surface area contributed by atoms with Crippen molar-refractivity contribution in [3.05, 3.63) is 54.9 Å². The van der Waals surface area contributed by atoms with E-state index in [1.54, 1.807) is 38.2 Å². The predicted molar refractivity (Wildman–Crippen MR) is 158 cm³/mol. The van der Waals surface area contributed by atoms with E-state index in [1.165, 1.54) is 11.3 Å². The molecule has 9 nitrogen and oxygen atoms in total. The van der Waals surface area contributed by atoms with Gasteiger partial charge in [0.1, 0.15) is 0 Å². The Kier molecular flexibility index (Phi) is 8.08. The summed E-state index contributed by atoms with van der Waals surface area (Å²) in [6.07, 6.45) is 4.38. The number of urea groups is 1. The zero-order valence-corrected chi connectivity index (χ0v) is 24.1. The Labute approximate surface area is 232 Å². The number of aromatic nitrogens is 3. The van der Waals surface area contributed by atoms with Crippen molar-refractivity contribution in [2.24, 2.45) is 5.41 Å². The van der Waals surface area contributed by atoms with Gasteiger partial charge in [0.25, 0.3) is 0 Å². The van der Waals surface area contributed by atoms with Crippen LogP contribution >= 0.6 is 11.3 Å². The first-order chi connectivity index (χ1) is 18.3. The molecule has 3 amide bonds. The molecule has 39 heavy (non-hydrogen) atoms. The zero-order chi connectivity index (χ0) is 28.4. The van der Waals surface area contributed by atoms with Gasteiger partial charge in [0.05, 0.1) is 21.6 Å². The number of nitrogens with one attached hydrogen (secondary N) is 2. The molecule has 0 aliphatic carbocycles. The van der Waals surface area contributed by atoms with E-state index in [4.69, 9.17) is 4.98 Å². The van der Waals surface area contributed by atoms with E-state index in [0.717, 1.165) is 21.6 Å². The van der Waals surface area contributed by atoms with Crippen LogP contribution in [0.2, 0.25) is 0 Å². The molecule has 206 valence electrons. The van der Waals surface area contributed by atoms with E-state index in [1.807, 2.05) is 67.8 Å². The SMILES string of the molecule is CN(C(=O)CC(C)(C)C)c1ccc2c(c1)nc(NC(=O)Nc1ccc(-c3cccnc3)s1)n2CCC(C)(C)O. The molecule has 0 aliphatic heterocycles. The number of fused-ring (bicyclic) bond motifs is 1. The fourth-order valence-electron chi connectivity index (χ4n) is 4.06. The van der Waals surface area contributed by atoms with Crippen LogP contribution < -0.4 is 15.5 Å². The van der Waals surface area contributed by atoms with Crippen LogP contribution in [0.25, 0.3) is 21.5 Å². The van der Waals surface area contributed by atoms with Crippen LogP contribution in [0.15, 0.2) is 54.9 Å². The number of anilines is 3. The standard InChI is InChI=1S/C29H36N6O3S/c1-28(2,3)17-25(36)34(6)20-9-10-22-21(16-20)31-26(35(22)15-13-29(4,5)38)33-27(37)32-24-12-11-23(39-24)19-8-7-14-30-18-19/h7-12,14,16,18,38H,13,15,17H2,1-6H3,(H2,31,32,33,37). The average molecular weight is 549 g/mol. The molecular formula is C29H36N6O3S. The highest BCUT2D eigenvalue weighted by molar-refractivity contribution is 7.19. The maximum atomic E-state index is 13.0. The fraction of sp³-hybridized carbons (Fsp3) is 0.379. The number of aryl methyl sites for hydroxylation is 1. The number of thiophene rings is 1. The van der Waals surface area contributed by atoms with E-state index in [9.17, 15) is 14.7 Å². The molecule has 4 aromatic rings. The van der Waals surface area contributed by atoms with Crippen molar-refractivity contribution in [1.82, 2.24) is 14.5 Å². The molecular weight excluding hydrogens is 512 g/mol. The third-order valence-corrected chi connectivity index (χ3v) is 7.19. The van der Waals surface area contributed by atoms with Crippen molar-refractivity contribution in [2.75, 3.05) is 22.6 Å². The van der Waals surface area contributed by atoms with Crippen LogP contribution in [0.1, 0.15) is 47.5 Å². The largest absolute Gasteiger partial charge is 0.390 e. The lowest BCUT2D eigenvalue weighted by Gasteiger charge is -2.23. The molecule has 10 heteroatoms. The molecule has 0 bridgehead atoms. The second kappa shape index (κ2) is 11.2. The normalized spacial score (nSPS) is 12.0. The van der Waals surface area contributed by atoms with Crippen LogP contribution in [0.5, 0.6) is 0 Å². The topological polar surface area (TPSA) is 112 Å². The Bertz CT molecular complexity index is 1460. The van der Waals surface area contributed by atoms with E-state index in [-0.39, 0.29) is 11.3 Å². The number of nitrogens with zero attached hydrogens (tertiary/aromatic N) is 4. The maximum absolute atomic E-state index is 13.0. The predicted octanol–water partition coefficient (Wildman–Crippen LogP) is 6.36. The quantitative estimate of drug-likeness (QED) is 0.237. The monoisotopic (exact) mass is 548 g/mol. The molecule has 0 spiro atoms. The van der Waals surface area contributed by atoms with Gasteiger partial charge in [0.15, 0.2) is 0 Å². The molecule has 4 rings (SSSR count). The van der Waals surface area contributed by atoms with Crippen LogP contribution in [-0.4, -0.2) is 44.2 Å². The van der Waals surface area contributed by atoms with Crippen LogP contribution in [-0.2, 0) is 11.3 Å². The van der Waals surface area contributed by atoms with E-state index in [0.29, 0.717) is 35.9 Å². The Morgan fingerprint density at radius 1 is 1.08 bits per heavy atom. The molecule has 0 fully saturated rings. The smallest absolute Gasteiger partial charge is 0.326 e. The lowest BCUT2D eigenvalue weighted by atomic mass is 9.91. The molecule has 3 N–H and O–H groups in total. The van der Waals surface area contributed by atoms with Crippen molar-refractivity contribution in [3.63, 3.8) is 0 Å². The second-order valence-electron chi connectivity index (χ2n) is 11.5. The number of pyridine rings is 1. The summed E-state index contributed by atoms with van der Waals surface area (Å²) in [5.74, 6) is 0.374. The van der Waals surface area contributed by atoms with E-state index < -0.39 is 11.6 Å². The van der Waals surface area contributed by atoms with E-state index >= 15 is 0 Å². The first-order valence-electron chi connectivity index (χ1n) is 12.9. The van der Waals surface area contributed by atoms with Crippen LogP contribution in [0.4, 0.5) is 21.4 Å². The molecule has 0 saturated heterocycles. The van der Waals surface area contributed by atoms with Crippen LogP contribution in [0, 0.1) is 5.41 Å². The van der Waals surface area contributed by atoms with Gasteiger partial charge in [-0.05, 0) is 62.1 Å². The Hall–Kier alpha value is -3.76. The Morgan fingerprint density at radius 2 is 1.85 bits per heavy atom. The number of benzene rings is 1. The summed E-state index contributed by atoms with van der Waals surface area (Å²) in [6, 6.07) is 12.8. The highest BCUT2D eigenvalue weighted by Gasteiger charge is 2.22. The Balaban J connectivity index is 1.57. The summed E-state index contributed by atoms with van der Waals surface area (Å²) < 4.78 is 1.88. The van der Waals surface area contributed by atoms with Gasteiger partial charge in [-0.1, -0.05) is 26.8 Å². The van der Waals surface area contributed by atoms with Crippen molar-refractivity contribution < 1.29 is 14.7 Å². The number of imidazole rings is 1. The van der Waals surface area contributed by atoms with Crippen molar-refractivity contribution >= 4 is 50.9 Å². The highest BCUT2D eigenvalue weighted by Crippen LogP contribution is 2.31. The molecule has 0 unspecified atom stereocenters. The molecule has 0 aliphatic rings. The number of rotatable bonds is 8. The van der Waals surface area contributed by atoms with Gasteiger partial charge in [0, 0.05) is 48.5 Å². The lowest BCUT2D eigenvalue weighted by molar-refractivity contribution is -0.120. The number of hydrogen-bond donors (Lipinski definition) is 3. The van der Waals surface area contributed by atoms with Gasteiger partial charge in [-0.2, -0.15) is 0 Å². The summed E-state index contributed by atoms with van der Waals surface area (Å²) in [5.41, 5.74) is 2.12. The second-order valence-corrected chi connectivity index (χ2v) is 12.6. The first kappa shape index (κ1) is 28.3. The molecule has 3 heterocycles. The lowest BCUT2D eigenvalue weighted by Crippen LogP contribution is -2.29. The number of amides is 3. The molecule has 1 aromatic carbocycles. The number of carbonyl (C=O) groups excluding carboxylic acids is 2. The molecule has 0 saturated carbocycles. The first-order valence-corrected chi connectivity index (χ1v) is 13.7. The third kappa shape index (κ3) is 7.42. The van der Waals surface area contributed by atoms with Gasteiger partial charge in [-0.3, -0.25) is 20.4 Å². The third-order valence-electron chi connectivity index (χ3n) is 6.14. The van der Waals surface area contributed by atoms with Gasteiger partial charge in [0.2, 0.25) is 11.9 Å². The van der Waals surface area contributed by atoms with Gasteiger partial charge >= 0.3 is 6.03 Å². The molecule has 0 radical (unpaired) electrons. The number of hydrogen-bond acceptors (Lipinski definition) is 6. The summed E-state index contributed by atoms with van der Waals surface area (Å²) in [6.45, 7) is 10.0. The van der Waals surface area contributed by atoms with Gasteiger partial charge in [-0.25, -0.2) is 9.78 Å². The van der Waals surface area contributed by atoms with Gasteiger partial charge in [-0.15, -0.1) is 11.3 Å². The van der Waals surface area contributed by atoms with Crippen molar-refractivity contribution in [1.29, 1.82) is 0 Å². The molecule has 3 aromatic heterocycles. The highest BCUT2D eigenvalue weighted by atomic mass is 32.1. The van der Waals surface area contributed by atoms with Crippen LogP contribution in [0.3, 0.4) is 0 Å². The van der Waals surface area contributed by atoms with Crippen molar-refractivity contribution in [2.45, 2.75) is 59.6 Å². The van der Waals surface area contributed by atoms with Crippen molar-refractivity contribution in [3.8, 4) is 10.4 Å². The molecule has 0 atom stereocenters. The fourth-order valence-corrected chi connectivity index (χ4v) is 4.96. The number of aliphatic hydroxyl groups is 1. The summed E-state index contributed by atoms with van der Waals surface area (Å²) in [7, 11) is 1.76. The summed E-state index contributed by atoms with van der Waals surface area (Å²) in [4.78, 5) is 37.2. The average Bonchev–Trinajstić information content (AvgIpc) is 3.44. The minimum Gasteiger partial charge on any atom is -0.390 e. The summed E-state index contributed by atoms with van der Waals surface area (Å²) >= 11 is 1.45. The Morgan fingerprint density at radius 3 is 2.51 bits per heavy atom. The van der Waals surface area contributed by atoms with E-state index in [2.05, 4.69) is 15.6 Å². The summed E-state index contributed by atoms with van der Waals surface area (Å²) in [5, 5.41) is 16.8. The minimum atomic E-state index is -0.894. The number of carbonyl (C=O) groups is 2.